The van der Waals surface area contributed by atoms with E-state index in [0.29, 0.717) is 5.88 Å². The molecule has 0 atom stereocenters. The molecule has 0 amide bonds. The van der Waals surface area contributed by atoms with E-state index in [2.05, 4.69) is 14.8 Å². The molecule has 0 aliphatic rings. The third-order valence-corrected chi connectivity index (χ3v) is 1.62. The second-order valence-electron chi connectivity index (χ2n) is 2.45. The van der Waals surface area contributed by atoms with Crippen molar-refractivity contribution in [2.24, 2.45) is 5.90 Å². The highest BCUT2D eigenvalue weighted by Gasteiger charge is 1.99. The molecule has 2 heterocycles. The predicted octanol–water partition coefficient (Wildman–Crippen LogP) is 0.682. The molecule has 0 fully saturated rings. The van der Waals surface area contributed by atoms with E-state index in [1.165, 1.54) is 0 Å². The van der Waals surface area contributed by atoms with Crippen LogP contribution >= 0.6 is 0 Å². The van der Waals surface area contributed by atoms with Gasteiger partial charge in [0.05, 0.1) is 18.1 Å². The molecule has 0 unspecified atom stereocenters. The Morgan fingerprint density at radius 2 is 2.29 bits per heavy atom. The summed E-state index contributed by atoms with van der Waals surface area (Å²) in [6.07, 6.45) is 6.72. The van der Waals surface area contributed by atoms with Crippen LogP contribution in [0.25, 0.3) is 5.69 Å². The molecule has 74 valence electrons. The minimum Gasteiger partial charge on any atom is -0.389 e. The molecule has 0 radical (unpaired) electrons. The third-order valence-electron chi connectivity index (χ3n) is 1.62. The zero-order valence-electron chi connectivity index (χ0n) is 7.50. The van der Waals surface area contributed by atoms with Crippen LogP contribution in [0.4, 0.5) is 0 Å². The van der Waals surface area contributed by atoms with Gasteiger partial charge in [-0.1, -0.05) is 0 Å². The topological polar surface area (TPSA) is 101 Å². The summed E-state index contributed by atoms with van der Waals surface area (Å²) in [5.74, 6) is 5.33. The van der Waals surface area contributed by atoms with Crippen LogP contribution in [0.5, 0.6) is 5.88 Å². The summed E-state index contributed by atoms with van der Waals surface area (Å²) >= 11 is 0. The maximum atomic E-state index is 4.95. The van der Waals surface area contributed by atoms with Gasteiger partial charge in [0.2, 0.25) is 0 Å². The van der Waals surface area contributed by atoms with Gasteiger partial charge in [-0.05, 0) is 12.1 Å². The maximum Gasteiger partial charge on any atom is 0.255 e. The molecule has 6 heteroatoms. The van der Waals surface area contributed by atoms with Crippen LogP contribution in [0.1, 0.15) is 0 Å². The lowest BCUT2D eigenvalue weighted by Crippen LogP contribution is -2.01. The van der Waals surface area contributed by atoms with Crippen molar-refractivity contribution in [3.63, 3.8) is 0 Å². The first-order valence-corrected chi connectivity index (χ1v) is 3.71. The second kappa shape index (κ2) is 4.35. The zero-order valence-corrected chi connectivity index (χ0v) is 7.50. The number of aromatic nitrogens is 3. The summed E-state index contributed by atoms with van der Waals surface area (Å²) in [5, 5.41) is 0. The van der Waals surface area contributed by atoms with Crippen molar-refractivity contribution in [3.8, 4) is 11.6 Å². The molecule has 2 rings (SSSR count). The van der Waals surface area contributed by atoms with Gasteiger partial charge in [0.25, 0.3) is 5.88 Å². The fourth-order valence-electron chi connectivity index (χ4n) is 1.01. The van der Waals surface area contributed by atoms with E-state index in [0.717, 1.165) is 5.69 Å². The van der Waals surface area contributed by atoms with E-state index < -0.39 is 0 Å². The van der Waals surface area contributed by atoms with Crippen LogP contribution in [0.2, 0.25) is 0 Å². The molecule has 2 aromatic heterocycles. The fraction of sp³-hybridized carbons (Fsp3) is 0. The average Bonchev–Trinajstić information content (AvgIpc) is 2.67. The summed E-state index contributed by atoms with van der Waals surface area (Å²) in [7, 11) is 0. The van der Waals surface area contributed by atoms with Crippen molar-refractivity contribution in [1.82, 2.24) is 20.7 Å². The molecule has 0 saturated carbocycles. The molecular weight excluding hydrogens is 182 g/mol. The Morgan fingerprint density at radius 3 is 2.86 bits per heavy atom. The number of nitrogens with two attached hydrogens (primary N) is 1. The lowest BCUT2D eigenvalue weighted by molar-refractivity contribution is 0.322. The number of nitrogens with zero attached hydrogens (tertiary/aromatic N) is 3. The Balaban J connectivity index is 0.000000980. The number of rotatable bonds is 2. The Morgan fingerprint density at radius 1 is 1.43 bits per heavy atom. The maximum absolute atomic E-state index is 4.95. The smallest absolute Gasteiger partial charge is 0.255 e. The Kier molecular flexibility index (Phi) is 3.16. The van der Waals surface area contributed by atoms with Gasteiger partial charge in [0.15, 0.2) is 0 Å². The van der Waals surface area contributed by atoms with Gasteiger partial charge in [0, 0.05) is 6.20 Å². The fourth-order valence-corrected chi connectivity index (χ4v) is 1.01. The Hall–Kier alpha value is -1.92. The van der Waals surface area contributed by atoms with Crippen molar-refractivity contribution in [2.45, 2.75) is 0 Å². The van der Waals surface area contributed by atoms with E-state index in [1.807, 2.05) is 12.1 Å². The molecular formula is C8H11N5O. The number of hydrogen-bond donors (Lipinski definition) is 2. The molecule has 5 N–H and O–H groups in total. The van der Waals surface area contributed by atoms with E-state index in [-0.39, 0.29) is 6.15 Å². The van der Waals surface area contributed by atoms with Crippen molar-refractivity contribution in [3.05, 3.63) is 37.1 Å². The monoisotopic (exact) mass is 193 g/mol. The van der Waals surface area contributed by atoms with Gasteiger partial charge in [0.1, 0.15) is 6.33 Å². The van der Waals surface area contributed by atoms with Crippen LogP contribution in [-0.2, 0) is 0 Å². The molecule has 0 spiro atoms. The first-order valence-electron chi connectivity index (χ1n) is 3.71. The van der Waals surface area contributed by atoms with Gasteiger partial charge in [-0.3, -0.25) is 4.98 Å². The summed E-state index contributed by atoms with van der Waals surface area (Å²) in [5.41, 5.74) is 0.915. The van der Waals surface area contributed by atoms with Crippen molar-refractivity contribution in [2.75, 3.05) is 0 Å². The highest BCUT2D eigenvalue weighted by atomic mass is 16.6. The predicted molar refractivity (Wildman–Crippen MR) is 51.2 cm³/mol. The summed E-state index contributed by atoms with van der Waals surface area (Å²) in [6, 6.07) is 3.76. The van der Waals surface area contributed by atoms with E-state index in [4.69, 9.17) is 5.90 Å². The van der Waals surface area contributed by atoms with Crippen LogP contribution in [0, 0.1) is 0 Å². The lowest BCUT2D eigenvalue weighted by Gasteiger charge is -1.97. The summed E-state index contributed by atoms with van der Waals surface area (Å²) in [6.45, 7) is 0. The van der Waals surface area contributed by atoms with Crippen LogP contribution in [-0.4, -0.2) is 14.5 Å². The van der Waals surface area contributed by atoms with Gasteiger partial charge < -0.3 is 15.6 Å². The van der Waals surface area contributed by atoms with Crippen LogP contribution < -0.4 is 16.9 Å². The van der Waals surface area contributed by atoms with E-state index >= 15 is 0 Å². The van der Waals surface area contributed by atoms with Gasteiger partial charge in [-0.2, -0.15) is 5.90 Å². The molecule has 2 aromatic rings. The molecule has 14 heavy (non-hydrogen) atoms. The van der Waals surface area contributed by atoms with Crippen LogP contribution in [0.15, 0.2) is 37.1 Å². The first-order chi connectivity index (χ1) is 6.40. The lowest BCUT2D eigenvalue weighted by atomic mass is 10.4. The molecule has 0 bridgehead atoms. The van der Waals surface area contributed by atoms with E-state index in [1.54, 1.807) is 29.5 Å². The molecule has 0 aromatic carbocycles. The van der Waals surface area contributed by atoms with Crippen molar-refractivity contribution in [1.29, 1.82) is 0 Å². The van der Waals surface area contributed by atoms with Crippen molar-refractivity contribution < 1.29 is 4.84 Å². The van der Waals surface area contributed by atoms with Gasteiger partial charge >= 0.3 is 0 Å². The second-order valence-corrected chi connectivity index (χ2v) is 2.45. The molecule has 6 nitrogen and oxygen atoms in total. The Labute approximate surface area is 80.9 Å². The average molecular weight is 193 g/mol. The minimum atomic E-state index is 0. The summed E-state index contributed by atoms with van der Waals surface area (Å²) in [4.78, 5) is 12.3. The quantitative estimate of drug-likeness (QED) is 0.683. The number of imidazole rings is 1. The van der Waals surface area contributed by atoms with Crippen molar-refractivity contribution >= 4 is 0 Å². The number of hydrogen-bond acceptors (Lipinski definition) is 5. The first kappa shape index (κ1) is 10.2. The highest BCUT2D eigenvalue weighted by Crippen LogP contribution is 2.09. The molecule has 0 aliphatic carbocycles. The Bertz CT molecular complexity index is 386. The standard InChI is InChI=1S/C8H8N4O.H3N/c9-13-8-5-12(6-11-8)7-2-1-3-10-4-7;/h1-6H,9H2;1H3. The van der Waals surface area contributed by atoms with Gasteiger partial charge in [-0.25, -0.2) is 4.98 Å². The highest BCUT2D eigenvalue weighted by molar-refractivity contribution is 5.29. The largest absolute Gasteiger partial charge is 0.389 e. The van der Waals surface area contributed by atoms with Gasteiger partial charge in [-0.15, -0.1) is 0 Å². The summed E-state index contributed by atoms with van der Waals surface area (Å²) < 4.78 is 1.77. The SMILES string of the molecule is N.NOc1cn(-c2cccnc2)cn1. The van der Waals surface area contributed by atoms with Crippen LogP contribution in [0.3, 0.4) is 0 Å². The normalized spacial score (nSPS) is 9.21. The molecule has 0 saturated heterocycles. The minimum absolute atomic E-state index is 0. The third kappa shape index (κ3) is 1.87. The molecule has 0 aliphatic heterocycles. The zero-order chi connectivity index (χ0) is 9.10. The number of pyridine rings is 1. The van der Waals surface area contributed by atoms with E-state index in [9.17, 15) is 0 Å².